The van der Waals surface area contributed by atoms with E-state index in [4.69, 9.17) is 5.73 Å². The molecule has 0 atom stereocenters. The predicted octanol–water partition coefficient (Wildman–Crippen LogP) is 2.71. The van der Waals surface area contributed by atoms with E-state index in [1.807, 2.05) is 36.1 Å². The Morgan fingerprint density at radius 1 is 1.00 bits per heavy atom. The van der Waals surface area contributed by atoms with E-state index >= 15 is 0 Å². The van der Waals surface area contributed by atoms with Crippen LogP contribution in [0.15, 0.2) is 53.4 Å². The first-order chi connectivity index (χ1) is 12.8. The minimum atomic E-state index is -3.25. The molecule has 0 aliphatic carbocycles. The predicted molar refractivity (Wildman–Crippen MR) is 108 cm³/mol. The summed E-state index contributed by atoms with van der Waals surface area (Å²) in [5, 5.41) is 0. The topological polar surface area (TPSA) is 80.5 Å². The Morgan fingerprint density at radius 3 is 2.11 bits per heavy atom. The van der Waals surface area contributed by atoms with Gasteiger partial charge >= 0.3 is 0 Å². The van der Waals surface area contributed by atoms with Gasteiger partial charge in [-0.05, 0) is 40.8 Å². The third kappa shape index (κ3) is 3.96. The van der Waals surface area contributed by atoms with Crippen LogP contribution >= 0.6 is 0 Å². The Hall–Kier alpha value is -2.44. The molecule has 0 saturated carbocycles. The van der Waals surface area contributed by atoms with Gasteiger partial charge in [0.1, 0.15) is 0 Å². The third-order valence-corrected chi connectivity index (χ3v) is 5.88. The van der Waals surface area contributed by atoms with Crippen LogP contribution in [0, 0.1) is 0 Å². The lowest BCUT2D eigenvalue weighted by Gasteiger charge is -2.15. The largest absolute Gasteiger partial charge is 0.334 e. The average molecular weight is 385 g/mol. The number of carbonyl (C=O) groups is 1. The molecule has 0 aromatic heterocycles. The molecule has 27 heavy (non-hydrogen) atoms. The zero-order chi connectivity index (χ0) is 19.6. The summed E-state index contributed by atoms with van der Waals surface area (Å²) < 4.78 is 23.4. The van der Waals surface area contributed by atoms with Gasteiger partial charge in [-0.15, -0.1) is 0 Å². The van der Waals surface area contributed by atoms with Crippen LogP contribution in [-0.4, -0.2) is 38.6 Å². The maximum absolute atomic E-state index is 13.0. The number of nitrogens with zero attached hydrogens (tertiary/aromatic N) is 1. The van der Waals surface area contributed by atoms with E-state index in [1.165, 1.54) is 6.26 Å². The summed E-state index contributed by atoms with van der Waals surface area (Å²) >= 11 is 0. The molecule has 1 heterocycles. The second-order valence-electron chi connectivity index (χ2n) is 6.78. The molecule has 5 nitrogen and oxygen atoms in total. The van der Waals surface area contributed by atoms with Crippen molar-refractivity contribution in [3.05, 3.63) is 65.2 Å². The van der Waals surface area contributed by atoms with Crippen molar-refractivity contribution in [3.8, 4) is 0 Å². The molecule has 0 bridgehead atoms. The lowest BCUT2D eigenvalue weighted by atomic mass is 9.96. The number of sulfone groups is 1. The van der Waals surface area contributed by atoms with E-state index in [9.17, 15) is 13.2 Å². The number of hydrogen-bond acceptors (Lipinski definition) is 4. The summed E-state index contributed by atoms with van der Waals surface area (Å²) in [7, 11) is -3.25. The number of carbonyl (C=O) groups excluding carboxylic acids is 1. The second kappa shape index (κ2) is 7.66. The average Bonchev–Trinajstić information content (AvgIpc) is 2.98. The Bertz CT molecular complexity index is 975. The zero-order valence-electron chi connectivity index (χ0n) is 15.6. The summed E-state index contributed by atoms with van der Waals surface area (Å²) in [6, 6.07) is 14.5. The van der Waals surface area contributed by atoms with E-state index in [0.29, 0.717) is 25.2 Å². The maximum atomic E-state index is 13.0. The quantitative estimate of drug-likeness (QED) is 0.830. The Balaban J connectivity index is 2.08. The van der Waals surface area contributed by atoms with Crippen LogP contribution in [0.2, 0.25) is 0 Å². The van der Waals surface area contributed by atoms with Gasteiger partial charge in [-0.1, -0.05) is 43.3 Å². The van der Waals surface area contributed by atoms with Crippen LogP contribution in [0.4, 0.5) is 0 Å². The molecule has 0 saturated heterocycles. The molecule has 1 aliphatic heterocycles. The van der Waals surface area contributed by atoms with Crippen LogP contribution in [-0.2, 0) is 21.2 Å². The highest BCUT2D eigenvalue weighted by Gasteiger charge is 2.31. The van der Waals surface area contributed by atoms with Gasteiger partial charge < -0.3 is 10.6 Å². The molecule has 3 rings (SSSR count). The lowest BCUT2D eigenvalue weighted by Crippen LogP contribution is -2.27. The third-order valence-electron chi connectivity index (χ3n) is 4.75. The van der Waals surface area contributed by atoms with Crippen LogP contribution in [0.25, 0.3) is 11.1 Å². The molecule has 0 unspecified atom stereocenters. The number of amides is 1. The van der Waals surface area contributed by atoms with Gasteiger partial charge in [-0.2, -0.15) is 0 Å². The Kier molecular flexibility index (Phi) is 5.48. The number of rotatable bonds is 6. The van der Waals surface area contributed by atoms with Crippen molar-refractivity contribution in [1.82, 2.24) is 4.90 Å². The van der Waals surface area contributed by atoms with E-state index in [0.717, 1.165) is 28.7 Å². The Morgan fingerprint density at radius 2 is 1.59 bits per heavy atom. The molecule has 2 aromatic rings. The molecule has 2 aromatic carbocycles. The number of benzene rings is 2. The molecule has 1 amide bonds. The van der Waals surface area contributed by atoms with E-state index in [-0.39, 0.29) is 10.8 Å². The molecule has 1 aliphatic rings. The van der Waals surface area contributed by atoms with Crippen molar-refractivity contribution in [3.63, 3.8) is 0 Å². The van der Waals surface area contributed by atoms with Gasteiger partial charge in [0.2, 0.25) is 0 Å². The molecule has 0 spiro atoms. The summed E-state index contributed by atoms with van der Waals surface area (Å²) in [5.74, 6) is 0.0135. The molecule has 142 valence electrons. The highest BCUT2D eigenvalue weighted by atomic mass is 32.2. The van der Waals surface area contributed by atoms with Crippen molar-refractivity contribution in [2.75, 3.05) is 19.3 Å². The van der Waals surface area contributed by atoms with Crippen LogP contribution in [0.1, 0.15) is 30.0 Å². The van der Waals surface area contributed by atoms with Crippen LogP contribution in [0.3, 0.4) is 0 Å². The first-order valence-electron chi connectivity index (χ1n) is 8.97. The molecule has 0 fully saturated rings. The minimum Gasteiger partial charge on any atom is -0.334 e. The summed E-state index contributed by atoms with van der Waals surface area (Å²) in [5.41, 5.74) is 10.0. The highest BCUT2D eigenvalue weighted by molar-refractivity contribution is 7.90. The fraction of sp³-hybridized carbons (Fsp3) is 0.286. The monoisotopic (exact) mass is 384 g/mol. The SMILES string of the molecule is CCCN1CC(c2ccc(S(C)(=O)=O)cc2)=C(c2ccc(CN)cc2)C1=O. The van der Waals surface area contributed by atoms with Crippen molar-refractivity contribution >= 4 is 26.9 Å². The maximum Gasteiger partial charge on any atom is 0.255 e. The second-order valence-corrected chi connectivity index (χ2v) is 8.79. The first kappa shape index (κ1) is 19.3. The lowest BCUT2D eigenvalue weighted by molar-refractivity contribution is -0.123. The number of nitrogens with two attached hydrogens (primary N) is 1. The smallest absolute Gasteiger partial charge is 0.255 e. The normalized spacial score (nSPS) is 14.9. The molecular weight excluding hydrogens is 360 g/mol. The molecular formula is C21H24N2O3S. The number of hydrogen-bond donors (Lipinski definition) is 1. The van der Waals surface area contributed by atoms with Gasteiger partial charge in [0.05, 0.1) is 10.5 Å². The van der Waals surface area contributed by atoms with Gasteiger partial charge in [0, 0.05) is 25.9 Å². The minimum absolute atomic E-state index is 0.0135. The fourth-order valence-corrected chi connectivity index (χ4v) is 3.95. The zero-order valence-corrected chi connectivity index (χ0v) is 16.4. The van der Waals surface area contributed by atoms with E-state index in [1.54, 1.807) is 24.3 Å². The first-order valence-corrected chi connectivity index (χ1v) is 10.9. The van der Waals surface area contributed by atoms with Crippen molar-refractivity contribution < 1.29 is 13.2 Å². The van der Waals surface area contributed by atoms with Gasteiger partial charge in [-0.25, -0.2) is 8.42 Å². The van der Waals surface area contributed by atoms with Gasteiger partial charge in [0.25, 0.3) is 5.91 Å². The van der Waals surface area contributed by atoms with Crippen molar-refractivity contribution in [2.24, 2.45) is 5.73 Å². The standard InChI is InChI=1S/C21H24N2O3S/c1-3-12-23-14-19(16-8-10-18(11-9-16)27(2,25)26)20(21(23)24)17-6-4-15(13-22)5-7-17/h4-11H,3,12-14,22H2,1-2H3. The van der Waals surface area contributed by atoms with E-state index < -0.39 is 9.84 Å². The summed E-state index contributed by atoms with van der Waals surface area (Å²) in [6.45, 7) is 3.71. The van der Waals surface area contributed by atoms with Crippen LogP contribution in [0.5, 0.6) is 0 Å². The van der Waals surface area contributed by atoms with Gasteiger partial charge in [-0.3, -0.25) is 4.79 Å². The fourth-order valence-electron chi connectivity index (χ4n) is 3.32. The molecule has 2 N–H and O–H groups in total. The summed E-state index contributed by atoms with van der Waals surface area (Å²) in [4.78, 5) is 15.1. The highest BCUT2D eigenvalue weighted by Crippen LogP contribution is 2.35. The van der Waals surface area contributed by atoms with Crippen LogP contribution < -0.4 is 5.73 Å². The summed E-state index contributed by atoms with van der Waals surface area (Å²) in [6.07, 6.45) is 2.07. The van der Waals surface area contributed by atoms with Crippen molar-refractivity contribution in [1.29, 1.82) is 0 Å². The molecule has 6 heteroatoms. The molecule has 0 radical (unpaired) electrons. The van der Waals surface area contributed by atoms with E-state index in [2.05, 4.69) is 0 Å². The van der Waals surface area contributed by atoms with Gasteiger partial charge in [0.15, 0.2) is 9.84 Å². The Labute approximate surface area is 160 Å². The van der Waals surface area contributed by atoms with Crippen molar-refractivity contribution in [2.45, 2.75) is 24.8 Å².